The first-order valence-electron chi connectivity index (χ1n) is 30.9. The van der Waals surface area contributed by atoms with Gasteiger partial charge in [0.1, 0.15) is 36.6 Å². The number of aliphatic hydroxyl groups is 9. The van der Waals surface area contributed by atoms with Crippen LogP contribution in [0.3, 0.4) is 0 Å². The van der Waals surface area contributed by atoms with Crippen molar-refractivity contribution in [3.8, 4) is 0 Å². The van der Waals surface area contributed by atoms with Crippen LogP contribution in [0.4, 0.5) is 0 Å². The number of hydrogen-bond acceptors (Lipinski definition) is 21. The van der Waals surface area contributed by atoms with Gasteiger partial charge in [0.05, 0.1) is 38.1 Å². The van der Waals surface area contributed by atoms with Gasteiger partial charge in [0.15, 0.2) is 18.9 Å². The lowest BCUT2D eigenvalue weighted by atomic mass is 9.82. The predicted molar refractivity (Wildman–Crippen MR) is 305 cm³/mol. The van der Waals surface area contributed by atoms with Gasteiger partial charge in [0.25, 0.3) is 0 Å². The van der Waals surface area contributed by atoms with Gasteiger partial charge in [-0.05, 0) is 70.6 Å². The van der Waals surface area contributed by atoms with E-state index in [2.05, 4.69) is 26.6 Å². The van der Waals surface area contributed by atoms with E-state index in [0.29, 0.717) is 97.6 Å². The molecule has 15 atom stereocenters. The molecule has 3 fully saturated rings. The molecule has 3 rings (SSSR count). The van der Waals surface area contributed by atoms with E-state index in [9.17, 15) is 69.9 Å². The summed E-state index contributed by atoms with van der Waals surface area (Å²) in [5, 5.41) is 105. The molecule has 490 valence electrons. The Morgan fingerprint density at radius 3 is 1.00 bits per heavy atom. The van der Waals surface area contributed by atoms with Crippen LogP contribution in [0.2, 0.25) is 0 Å². The van der Waals surface area contributed by atoms with Gasteiger partial charge in [-0.25, -0.2) is 0 Å². The van der Waals surface area contributed by atoms with Crippen LogP contribution in [-0.2, 0) is 57.1 Å². The van der Waals surface area contributed by atoms with Crippen molar-refractivity contribution < 1.29 is 103 Å². The highest BCUT2D eigenvalue weighted by molar-refractivity contribution is 5.81. The summed E-state index contributed by atoms with van der Waals surface area (Å²) in [6, 6.07) is 0. The van der Waals surface area contributed by atoms with Gasteiger partial charge in [0, 0.05) is 115 Å². The third-order valence-corrected chi connectivity index (χ3v) is 16.1. The Bertz CT molecular complexity index is 1660. The molecular weight excluding hydrogens is 1100 g/mol. The van der Waals surface area contributed by atoms with E-state index in [1.807, 2.05) is 0 Å². The van der Waals surface area contributed by atoms with E-state index in [1.165, 1.54) is 0 Å². The number of unbranched alkanes of at least 4 members (excludes halogenated alkanes) is 9. The van der Waals surface area contributed by atoms with Gasteiger partial charge in [-0.2, -0.15) is 0 Å². The maximum absolute atomic E-state index is 13.8. The van der Waals surface area contributed by atoms with Crippen LogP contribution in [0.1, 0.15) is 162 Å². The average Bonchev–Trinajstić information content (AvgIpc) is 3.58. The van der Waals surface area contributed by atoms with E-state index in [1.54, 1.807) is 27.9 Å². The van der Waals surface area contributed by atoms with Crippen molar-refractivity contribution in [2.75, 3.05) is 79.5 Å². The van der Waals surface area contributed by atoms with Crippen molar-refractivity contribution in [3.05, 3.63) is 0 Å². The van der Waals surface area contributed by atoms with Crippen molar-refractivity contribution in [2.24, 2.45) is 17.8 Å². The highest BCUT2D eigenvalue weighted by atomic mass is 16.7. The van der Waals surface area contributed by atoms with E-state index in [-0.39, 0.29) is 87.3 Å². The summed E-state index contributed by atoms with van der Waals surface area (Å²) in [4.78, 5) is 66.8. The first-order chi connectivity index (χ1) is 40.3. The zero-order chi connectivity index (χ0) is 61.9. The monoisotopic (exact) mass is 1210 g/mol. The molecule has 3 saturated heterocycles. The largest absolute Gasteiger partial charge is 0.394 e. The minimum atomic E-state index is -1.21. The molecule has 0 aromatic heterocycles. The van der Waals surface area contributed by atoms with Crippen LogP contribution in [-0.4, -0.2) is 234 Å². The quantitative estimate of drug-likeness (QED) is 0.0351. The highest BCUT2D eigenvalue weighted by Gasteiger charge is 2.45. The second-order valence-electron chi connectivity index (χ2n) is 23.0. The Hall–Kier alpha value is -3.29. The Balaban J connectivity index is 1.58. The molecule has 0 bridgehead atoms. The average molecular weight is 1210 g/mol. The summed E-state index contributed by atoms with van der Waals surface area (Å²) >= 11 is 0. The second kappa shape index (κ2) is 42.6. The second-order valence-corrected chi connectivity index (χ2v) is 23.0. The van der Waals surface area contributed by atoms with Gasteiger partial charge in [-0.1, -0.05) is 59.3 Å². The minimum absolute atomic E-state index is 0.0121. The lowest BCUT2D eigenvalue weighted by Gasteiger charge is -2.40. The third kappa shape index (κ3) is 27.8. The summed E-state index contributed by atoms with van der Waals surface area (Å²) in [7, 11) is 1.58. The molecule has 5 amide bonds. The van der Waals surface area contributed by atoms with Crippen molar-refractivity contribution in [2.45, 2.75) is 241 Å². The summed E-state index contributed by atoms with van der Waals surface area (Å²) in [5.41, 5.74) is -1.16. The molecule has 0 aliphatic carbocycles. The third-order valence-electron chi connectivity index (χ3n) is 16.1. The number of carbonyl (C=O) groups is 5. The van der Waals surface area contributed by atoms with Gasteiger partial charge in [-0.3, -0.25) is 24.0 Å². The number of rotatable bonds is 45. The van der Waals surface area contributed by atoms with Crippen molar-refractivity contribution in [3.63, 3.8) is 0 Å². The van der Waals surface area contributed by atoms with Crippen LogP contribution in [0.15, 0.2) is 0 Å². The van der Waals surface area contributed by atoms with Crippen molar-refractivity contribution in [1.82, 2.24) is 26.6 Å². The van der Waals surface area contributed by atoms with Crippen molar-refractivity contribution >= 4 is 29.5 Å². The fraction of sp³-hybridized carbons (Fsp3) is 0.914. The van der Waals surface area contributed by atoms with Crippen LogP contribution >= 0.6 is 0 Å². The Morgan fingerprint density at radius 2 is 0.679 bits per heavy atom. The lowest BCUT2D eigenvalue weighted by Crippen LogP contribution is -2.55. The molecule has 26 nitrogen and oxygen atoms in total. The number of ether oxygens (including phenoxy) is 7. The van der Waals surface area contributed by atoms with E-state index >= 15 is 0 Å². The molecule has 3 aliphatic rings. The molecule has 0 radical (unpaired) electrons. The van der Waals surface area contributed by atoms with E-state index in [4.69, 9.17) is 33.2 Å². The molecule has 84 heavy (non-hydrogen) atoms. The topological polar surface area (TPSA) is 392 Å². The number of amides is 5. The molecule has 14 N–H and O–H groups in total. The molecule has 0 aromatic rings. The normalized spacial score (nSPS) is 28.7. The number of carbonyl (C=O) groups excluding carboxylic acids is 5. The van der Waals surface area contributed by atoms with Gasteiger partial charge in [-0.15, -0.1) is 0 Å². The smallest absolute Gasteiger partial charge is 0.220 e. The summed E-state index contributed by atoms with van der Waals surface area (Å²) in [6.45, 7) is 6.80. The minimum Gasteiger partial charge on any atom is -0.394 e. The molecule has 0 saturated carbocycles. The van der Waals surface area contributed by atoms with Crippen molar-refractivity contribution in [1.29, 1.82) is 0 Å². The van der Waals surface area contributed by atoms with E-state index in [0.717, 1.165) is 38.5 Å². The summed E-state index contributed by atoms with van der Waals surface area (Å²) < 4.78 is 39.4. The molecule has 3 aliphatic heterocycles. The maximum atomic E-state index is 13.8. The van der Waals surface area contributed by atoms with Crippen LogP contribution in [0.5, 0.6) is 0 Å². The number of nitrogens with one attached hydrogen (secondary N) is 5. The zero-order valence-electron chi connectivity index (χ0n) is 50.4. The fourth-order valence-electron chi connectivity index (χ4n) is 10.4. The molecule has 3 heterocycles. The SMILES string of the molecule is COCCCNC(=O)CCCC(=O)NC(CCC(=O)NCCCCCCOC1OC(CO)C(O)C(O)C1C)(CCC(=O)NCCCCCCOC1OC(CO)C(O)C(O)C1C)CCC(=O)NCCCCCCOC1OC(CO)C(O)C(O)C1C. The standard InChI is InChI=1S/C58H107N5O21/c1-38-49(72)52(75)41(35-64)82-55(38)79-32-14-8-5-11-27-59-45(68)21-24-58(63-48(71)20-17-19-44(67)62-30-18-31-78-4,25-22-46(69)60-28-12-6-9-15-33-80-56-39(2)50(73)53(76)42(36-65)83-56)26-23-47(70)61-29-13-7-10-16-34-81-57-40(3)51(74)54(77)43(37-66)84-57/h38-43,49-57,64-66,72-77H,5-37H2,1-4H3,(H,59,68)(H,60,69)(H,61,70)(H,62,67)(H,63,71). The highest BCUT2D eigenvalue weighted by Crippen LogP contribution is 2.31. The summed E-state index contributed by atoms with van der Waals surface area (Å²) in [5.74, 6) is -2.89. The van der Waals surface area contributed by atoms with E-state index < -0.39 is 117 Å². The maximum Gasteiger partial charge on any atom is 0.220 e. The first kappa shape index (κ1) is 75.0. The van der Waals surface area contributed by atoms with Gasteiger partial charge < -0.3 is 106 Å². The first-order valence-corrected chi connectivity index (χ1v) is 30.9. The molecule has 15 unspecified atom stereocenters. The van der Waals surface area contributed by atoms with Crippen LogP contribution in [0.25, 0.3) is 0 Å². The molecule has 26 heteroatoms. The Morgan fingerprint density at radius 1 is 0.381 bits per heavy atom. The Labute approximate surface area is 496 Å². The molecule has 0 spiro atoms. The zero-order valence-corrected chi connectivity index (χ0v) is 50.4. The van der Waals surface area contributed by atoms with Crippen LogP contribution in [0, 0.1) is 17.8 Å². The Kier molecular flexibility index (Phi) is 38.0. The summed E-state index contributed by atoms with van der Waals surface area (Å²) in [6.07, 6.45) is -2.18. The number of aliphatic hydroxyl groups excluding tert-OH is 9. The predicted octanol–water partition coefficient (Wildman–Crippen LogP) is -0.190. The molecular formula is C58H107N5O21. The van der Waals surface area contributed by atoms with Crippen LogP contribution < -0.4 is 26.6 Å². The van der Waals surface area contributed by atoms with Gasteiger partial charge in [0.2, 0.25) is 29.5 Å². The van der Waals surface area contributed by atoms with Gasteiger partial charge >= 0.3 is 0 Å². The number of methoxy groups -OCH3 is 1. The molecule has 0 aromatic carbocycles. The fourth-order valence-corrected chi connectivity index (χ4v) is 10.4. The lowest BCUT2D eigenvalue weighted by molar-refractivity contribution is -0.282. The number of hydrogen-bond donors (Lipinski definition) is 14.